The summed E-state index contributed by atoms with van der Waals surface area (Å²) in [5.41, 5.74) is 3.10. The third-order valence-electron chi connectivity index (χ3n) is 16.9. The molecule has 3 aromatic carbocycles. The van der Waals surface area contributed by atoms with Crippen LogP contribution in [0.25, 0.3) is 11.0 Å². The number of rotatable bonds is 10. The first-order valence-electron chi connectivity index (χ1n) is 26.2. The maximum atomic E-state index is 16.0. The number of nitro groups is 1. The van der Waals surface area contributed by atoms with E-state index in [1.807, 2.05) is 29.2 Å². The fourth-order valence-corrected chi connectivity index (χ4v) is 13.8. The predicted octanol–water partition coefficient (Wildman–Crippen LogP) is 8.31. The van der Waals surface area contributed by atoms with Crippen LogP contribution in [0.15, 0.2) is 77.8 Å². The number of carbonyl (C=O) groups is 1. The number of piperidine rings is 1. The summed E-state index contributed by atoms with van der Waals surface area (Å²) >= 11 is 0. The van der Waals surface area contributed by atoms with Gasteiger partial charge in [-0.3, -0.25) is 19.8 Å². The first-order valence-corrected chi connectivity index (χ1v) is 27.6. The van der Waals surface area contributed by atoms with E-state index in [1.54, 1.807) is 12.3 Å². The summed E-state index contributed by atoms with van der Waals surface area (Å²) in [6, 6.07) is 19.6. The zero-order valence-corrected chi connectivity index (χ0v) is 42.5. The summed E-state index contributed by atoms with van der Waals surface area (Å²) < 4.78 is 76.9. The van der Waals surface area contributed by atoms with E-state index in [9.17, 15) is 23.3 Å². The summed E-state index contributed by atoms with van der Waals surface area (Å²) in [6.07, 6.45) is 7.30. The number of carbonyl (C=O) groups excluding carboxylic acids is 1. The average Bonchev–Trinajstić information content (AvgIpc) is 3.72. The van der Waals surface area contributed by atoms with Gasteiger partial charge in [0, 0.05) is 94.3 Å². The van der Waals surface area contributed by atoms with Gasteiger partial charge in [0.15, 0.2) is 11.4 Å². The van der Waals surface area contributed by atoms with Crippen molar-refractivity contribution in [2.75, 3.05) is 81.0 Å². The largest absolute Gasteiger partial charge is 0.489 e. The molecule has 5 aromatic rings. The van der Waals surface area contributed by atoms with Crippen molar-refractivity contribution in [3.8, 4) is 11.6 Å². The topological polar surface area (TPSA) is 203 Å². The minimum Gasteiger partial charge on any atom is -0.489 e. The number of amides is 1. The quantitative estimate of drug-likeness (QED) is 0.0890. The molecule has 8 heterocycles. The molecular formula is C54H63FN8O10S. The van der Waals surface area contributed by atoms with E-state index >= 15 is 4.39 Å². The maximum absolute atomic E-state index is 16.0. The van der Waals surface area contributed by atoms with E-state index in [0.717, 1.165) is 81.6 Å². The number of hydrogen-bond donors (Lipinski definition) is 3. The van der Waals surface area contributed by atoms with Gasteiger partial charge in [-0.15, -0.1) is 0 Å². The van der Waals surface area contributed by atoms with E-state index < -0.39 is 49.3 Å². The third kappa shape index (κ3) is 8.88. The van der Waals surface area contributed by atoms with Crippen molar-refractivity contribution in [1.29, 1.82) is 0 Å². The van der Waals surface area contributed by atoms with Crippen LogP contribution in [0.4, 0.5) is 32.8 Å². The highest BCUT2D eigenvalue weighted by Crippen LogP contribution is 2.54. The van der Waals surface area contributed by atoms with Gasteiger partial charge in [-0.25, -0.2) is 17.5 Å². The number of H-pyrrole nitrogens is 1. The Bertz CT molecular complexity index is 3080. The van der Waals surface area contributed by atoms with Crippen LogP contribution in [-0.4, -0.2) is 130 Å². The van der Waals surface area contributed by atoms with Crippen molar-refractivity contribution >= 4 is 55.4 Å². The second-order valence-electron chi connectivity index (χ2n) is 21.6. The van der Waals surface area contributed by atoms with Gasteiger partial charge >= 0.3 is 0 Å². The highest BCUT2D eigenvalue weighted by Gasteiger charge is 2.50. The number of hydrogen-bond acceptors (Lipinski definition) is 15. The Kier molecular flexibility index (Phi) is 12.7. The number of nitro benzene ring substituents is 1. The lowest BCUT2D eigenvalue weighted by atomic mass is 9.59. The van der Waals surface area contributed by atoms with Crippen LogP contribution >= 0.6 is 0 Å². The molecule has 0 unspecified atom stereocenters. The molecule has 5 fully saturated rings. The second kappa shape index (κ2) is 19.3. The Morgan fingerprint density at radius 3 is 2.51 bits per heavy atom. The number of aromatic nitrogens is 2. The van der Waals surface area contributed by atoms with Crippen molar-refractivity contribution in [3.63, 3.8) is 0 Å². The number of ether oxygens (including phenoxy) is 5. The number of aromatic amines is 1. The fourth-order valence-electron chi connectivity index (χ4n) is 12.8. The van der Waals surface area contributed by atoms with Crippen molar-refractivity contribution in [1.82, 2.24) is 19.6 Å². The highest BCUT2D eigenvalue weighted by molar-refractivity contribution is 7.90. The van der Waals surface area contributed by atoms with E-state index in [2.05, 4.69) is 62.9 Å². The zero-order valence-electron chi connectivity index (χ0n) is 41.7. The van der Waals surface area contributed by atoms with Crippen LogP contribution in [0.3, 0.4) is 0 Å². The van der Waals surface area contributed by atoms with Gasteiger partial charge in [0.25, 0.3) is 21.6 Å². The summed E-state index contributed by atoms with van der Waals surface area (Å²) in [7, 11) is -4.78. The standard InChI is InChI=1S/C54H63FN8O10S/c1-33(2)38-6-3-4-7-39(38)45-30-70-20-5-17-61(45)36-28-53(29-36)12-18-60(19-13-53)35-8-9-40(42(25-35)62-41-11-21-71-31-47(41)73-52-44(62)24-34-10-16-56-50(34)58-52)51(64)59-74(67,68)37-26-43(63(65)66)49-46(27-37)72-32-48(57-49)54(55)14-22-69-23-15-54/h3-4,6-10,16,24-27,33,36,41,45,47-48,57H,5,11-15,17-23,28-32H2,1-2H3,(H,56,58)(H,59,64)/t41-,45-,47-,48+/m0/s1. The van der Waals surface area contributed by atoms with Crippen molar-refractivity contribution in [2.24, 2.45) is 5.41 Å². The smallest absolute Gasteiger partial charge is 0.297 e. The first-order chi connectivity index (χ1) is 35.8. The molecule has 392 valence electrons. The van der Waals surface area contributed by atoms with Gasteiger partial charge in [-0.05, 0) is 91.3 Å². The zero-order chi connectivity index (χ0) is 50.9. The Labute approximate surface area is 429 Å². The van der Waals surface area contributed by atoms with Crippen molar-refractivity contribution in [3.05, 3.63) is 99.7 Å². The molecule has 0 bridgehead atoms. The molecule has 4 saturated heterocycles. The van der Waals surface area contributed by atoms with Gasteiger partial charge in [0.05, 0.1) is 52.4 Å². The predicted molar refractivity (Wildman–Crippen MR) is 275 cm³/mol. The van der Waals surface area contributed by atoms with Crippen LogP contribution in [0.2, 0.25) is 0 Å². The number of fused-ring (bicyclic) bond motifs is 4. The molecule has 18 nitrogen and oxygen atoms in total. The molecule has 4 atom stereocenters. The number of sulfonamides is 1. The molecule has 7 aliphatic rings. The molecule has 0 radical (unpaired) electrons. The molecule has 20 heteroatoms. The molecule has 12 rings (SSSR count). The van der Waals surface area contributed by atoms with Crippen LogP contribution in [0, 0.1) is 15.5 Å². The number of alkyl halides is 1. The van der Waals surface area contributed by atoms with Crippen LogP contribution in [-0.2, 0) is 24.2 Å². The number of nitrogens with one attached hydrogen (secondary N) is 3. The molecule has 3 N–H and O–H groups in total. The molecule has 1 saturated carbocycles. The van der Waals surface area contributed by atoms with E-state index in [1.165, 1.54) is 11.1 Å². The van der Waals surface area contributed by atoms with Crippen LogP contribution < -0.4 is 29.3 Å². The summed E-state index contributed by atoms with van der Waals surface area (Å²) in [4.78, 5) is 41.2. The lowest BCUT2D eigenvalue weighted by molar-refractivity contribution is -0.384. The van der Waals surface area contributed by atoms with E-state index in [4.69, 9.17) is 28.7 Å². The Morgan fingerprint density at radius 2 is 1.72 bits per heavy atom. The SMILES string of the molecule is CC(C)c1ccccc1[C@@H]1COCCCN1C1CC2(CCN(c3ccc(C(=O)NS(=O)(=O)c4cc5c(c([N+](=O)[O-])c4)N[C@@H](C4(F)CCOCC4)CO5)c(N4c5cc6cc[nH]c6nc5O[C@H]5COCC[C@@H]54)c3)CC2)C1. The minimum atomic E-state index is -4.78. The number of anilines is 4. The first kappa shape index (κ1) is 48.9. The van der Waals surface area contributed by atoms with Gasteiger partial charge in [0.1, 0.15) is 29.7 Å². The Hall–Kier alpha value is -6.06. The molecule has 74 heavy (non-hydrogen) atoms. The maximum Gasteiger partial charge on any atom is 0.297 e. The van der Waals surface area contributed by atoms with Crippen molar-refractivity contribution < 1.29 is 46.2 Å². The Morgan fingerprint density at radius 1 is 0.919 bits per heavy atom. The fraction of sp³-hybridized carbons (Fsp3) is 0.519. The van der Waals surface area contributed by atoms with E-state index in [-0.39, 0.29) is 73.8 Å². The summed E-state index contributed by atoms with van der Waals surface area (Å²) in [5.74, 6) is -0.326. The number of pyridine rings is 1. The number of halogens is 1. The lowest BCUT2D eigenvalue weighted by Gasteiger charge is -2.56. The number of benzene rings is 3. The normalized spacial score (nSPS) is 24.9. The second-order valence-corrected chi connectivity index (χ2v) is 23.2. The molecular weight excluding hydrogens is 972 g/mol. The molecule has 1 aliphatic carbocycles. The van der Waals surface area contributed by atoms with Gasteiger partial charge in [-0.2, -0.15) is 4.98 Å². The van der Waals surface area contributed by atoms with Gasteiger partial charge in [0.2, 0.25) is 5.88 Å². The summed E-state index contributed by atoms with van der Waals surface area (Å²) in [6.45, 7) is 9.50. The monoisotopic (exact) mass is 1030 g/mol. The molecule has 1 amide bonds. The molecule has 6 aliphatic heterocycles. The average molecular weight is 1040 g/mol. The van der Waals surface area contributed by atoms with Crippen LogP contribution in [0.1, 0.15) is 98.7 Å². The van der Waals surface area contributed by atoms with E-state index in [0.29, 0.717) is 54.5 Å². The molecule has 2 aromatic heterocycles. The lowest BCUT2D eigenvalue weighted by Crippen LogP contribution is -2.56. The summed E-state index contributed by atoms with van der Waals surface area (Å²) in [5, 5.41) is 16.3. The molecule has 1 spiro atoms. The number of nitrogens with zero attached hydrogens (tertiary/aromatic N) is 5. The van der Waals surface area contributed by atoms with Crippen LogP contribution in [0.5, 0.6) is 11.6 Å². The van der Waals surface area contributed by atoms with Gasteiger partial charge in [-0.1, -0.05) is 38.1 Å². The highest BCUT2D eigenvalue weighted by atomic mass is 32.2. The third-order valence-corrected chi connectivity index (χ3v) is 18.2. The van der Waals surface area contributed by atoms with Crippen molar-refractivity contribution in [2.45, 2.75) is 112 Å². The van der Waals surface area contributed by atoms with Gasteiger partial charge < -0.3 is 43.8 Å². The minimum absolute atomic E-state index is 0.0628. The Balaban J connectivity index is 0.840.